The molecular formula is C21H19ClF2N6O2. The van der Waals surface area contributed by atoms with E-state index >= 15 is 0 Å². The lowest BCUT2D eigenvalue weighted by atomic mass is 9.88. The summed E-state index contributed by atoms with van der Waals surface area (Å²) in [6.45, 7) is 1.43. The number of ether oxygens (including phenoxy) is 1. The van der Waals surface area contributed by atoms with E-state index in [-0.39, 0.29) is 18.7 Å². The predicted molar refractivity (Wildman–Crippen MR) is 111 cm³/mol. The van der Waals surface area contributed by atoms with E-state index in [1.807, 2.05) is 0 Å². The highest BCUT2D eigenvalue weighted by atomic mass is 35.5. The summed E-state index contributed by atoms with van der Waals surface area (Å²) in [4.78, 5) is 3.84. The lowest BCUT2D eigenvalue weighted by Gasteiger charge is -2.34. The van der Waals surface area contributed by atoms with Gasteiger partial charge in [-0.1, -0.05) is 22.9 Å². The van der Waals surface area contributed by atoms with E-state index in [1.54, 1.807) is 42.1 Å². The van der Waals surface area contributed by atoms with E-state index in [9.17, 15) is 13.9 Å². The largest absolute Gasteiger partial charge is 0.380 e. The average Bonchev–Trinajstić information content (AvgIpc) is 3.44. The number of hydrogen-bond donors (Lipinski definition) is 1. The van der Waals surface area contributed by atoms with Crippen molar-refractivity contribution in [1.82, 2.24) is 29.8 Å². The van der Waals surface area contributed by atoms with E-state index in [0.717, 1.165) is 11.8 Å². The molecule has 0 saturated carbocycles. The maximum absolute atomic E-state index is 14.6. The van der Waals surface area contributed by atoms with Crippen LogP contribution in [0.5, 0.6) is 0 Å². The summed E-state index contributed by atoms with van der Waals surface area (Å²) in [7, 11) is 0. The molecule has 0 unspecified atom stereocenters. The molecule has 0 bridgehead atoms. The molecule has 0 aliphatic carbocycles. The van der Waals surface area contributed by atoms with Gasteiger partial charge in [0.2, 0.25) is 0 Å². The van der Waals surface area contributed by atoms with E-state index in [2.05, 4.69) is 20.4 Å². The first-order valence-electron chi connectivity index (χ1n) is 9.64. The molecule has 2 heterocycles. The van der Waals surface area contributed by atoms with Crippen molar-refractivity contribution < 1.29 is 18.6 Å². The Balaban J connectivity index is 1.54. The quantitative estimate of drug-likeness (QED) is 0.434. The predicted octanol–water partition coefficient (Wildman–Crippen LogP) is 3.28. The first kappa shape index (κ1) is 22.0. The fraction of sp³-hybridized carbons (Fsp3) is 0.238. The van der Waals surface area contributed by atoms with Crippen molar-refractivity contribution >= 4 is 11.6 Å². The van der Waals surface area contributed by atoms with Gasteiger partial charge in [0.15, 0.2) is 0 Å². The zero-order valence-corrected chi connectivity index (χ0v) is 17.7. The summed E-state index contributed by atoms with van der Waals surface area (Å²) in [5.41, 5.74) is -0.726. The summed E-state index contributed by atoms with van der Waals surface area (Å²) >= 11 is 5.91. The van der Waals surface area contributed by atoms with Crippen molar-refractivity contribution in [3.8, 4) is 5.69 Å². The van der Waals surface area contributed by atoms with Crippen LogP contribution in [0.4, 0.5) is 8.78 Å². The highest BCUT2D eigenvalue weighted by Crippen LogP contribution is 2.32. The molecule has 2 atom stereocenters. The summed E-state index contributed by atoms with van der Waals surface area (Å²) in [5, 5.41) is 24.2. The van der Waals surface area contributed by atoms with Gasteiger partial charge in [-0.2, -0.15) is 5.10 Å². The second-order valence-corrected chi connectivity index (χ2v) is 7.66. The Morgan fingerprint density at radius 2 is 1.97 bits per heavy atom. The first-order chi connectivity index (χ1) is 15.3. The molecule has 166 valence electrons. The highest BCUT2D eigenvalue weighted by molar-refractivity contribution is 6.30. The van der Waals surface area contributed by atoms with Crippen LogP contribution < -0.4 is 0 Å². The van der Waals surface area contributed by atoms with Crippen LogP contribution >= 0.6 is 11.6 Å². The lowest BCUT2D eigenvalue weighted by Crippen LogP contribution is -2.44. The topological polar surface area (TPSA) is 90.9 Å². The normalized spacial score (nSPS) is 14.3. The molecule has 2 aromatic heterocycles. The summed E-state index contributed by atoms with van der Waals surface area (Å²) in [5.74, 6) is -1.64. The number of halogens is 3. The smallest absolute Gasteiger partial charge is 0.138 e. The third-order valence-electron chi connectivity index (χ3n) is 5.05. The monoisotopic (exact) mass is 460 g/mol. The summed E-state index contributed by atoms with van der Waals surface area (Å²) < 4.78 is 36.8. The maximum atomic E-state index is 14.6. The third kappa shape index (κ3) is 4.67. The van der Waals surface area contributed by atoms with Gasteiger partial charge < -0.3 is 9.84 Å². The molecule has 8 nitrogen and oxygen atoms in total. The van der Waals surface area contributed by atoms with E-state index in [4.69, 9.17) is 16.3 Å². The molecule has 0 fully saturated rings. The second-order valence-electron chi connectivity index (χ2n) is 7.23. The zero-order valence-electron chi connectivity index (χ0n) is 16.9. The highest BCUT2D eigenvalue weighted by Gasteiger charge is 2.40. The van der Waals surface area contributed by atoms with Crippen molar-refractivity contribution in [2.45, 2.75) is 31.8 Å². The van der Waals surface area contributed by atoms with E-state index < -0.39 is 23.3 Å². The molecule has 0 spiro atoms. The van der Waals surface area contributed by atoms with Crippen LogP contribution in [0, 0.1) is 11.6 Å². The van der Waals surface area contributed by atoms with Gasteiger partial charge in [0.1, 0.15) is 35.6 Å². The summed E-state index contributed by atoms with van der Waals surface area (Å²) in [6, 6.07) is 10.0. The number of aromatic nitrogens is 6. The molecule has 32 heavy (non-hydrogen) atoms. The first-order valence-corrected chi connectivity index (χ1v) is 10.0. The average molecular weight is 461 g/mol. The van der Waals surface area contributed by atoms with Crippen molar-refractivity contribution in [2.75, 3.05) is 0 Å². The minimum Gasteiger partial charge on any atom is -0.380 e. The standard InChI is InChI=1S/C21H19ClF2N6O2/c1-14(32-10-17-9-30(28-27-17)18-5-2-15(22)3-6-18)21(31,11-29-13-25-12-26-29)19-7-4-16(23)8-20(19)24/h2-9,12-14,31H,10-11H2,1H3/t14-,21-/m1/s1. The molecule has 4 aromatic rings. The van der Waals surface area contributed by atoms with Crippen LogP contribution in [0.3, 0.4) is 0 Å². The van der Waals surface area contributed by atoms with Crippen molar-refractivity contribution in [1.29, 1.82) is 0 Å². The van der Waals surface area contributed by atoms with E-state index in [0.29, 0.717) is 16.8 Å². The Labute approximate surface area is 187 Å². The minimum absolute atomic E-state index is 0.00274. The van der Waals surface area contributed by atoms with Gasteiger partial charge in [0.25, 0.3) is 0 Å². The Morgan fingerprint density at radius 3 is 2.66 bits per heavy atom. The molecule has 0 saturated heterocycles. The van der Waals surface area contributed by atoms with Gasteiger partial charge in [0.05, 0.1) is 31.1 Å². The molecule has 0 aliphatic heterocycles. The minimum atomic E-state index is -1.86. The molecule has 2 aromatic carbocycles. The van der Waals surface area contributed by atoms with Crippen LogP contribution in [-0.2, 0) is 23.5 Å². The lowest BCUT2D eigenvalue weighted by molar-refractivity contribution is -0.124. The molecule has 1 N–H and O–H groups in total. The maximum Gasteiger partial charge on any atom is 0.138 e. The molecule has 0 radical (unpaired) electrons. The molecule has 11 heteroatoms. The van der Waals surface area contributed by atoms with Gasteiger partial charge in [-0.25, -0.2) is 23.1 Å². The number of aliphatic hydroxyl groups is 1. The van der Waals surface area contributed by atoms with Gasteiger partial charge in [-0.05, 0) is 37.3 Å². The molecular weight excluding hydrogens is 442 g/mol. The Hall–Kier alpha value is -3.21. The third-order valence-corrected chi connectivity index (χ3v) is 5.30. The fourth-order valence-electron chi connectivity index (χ4n) is 3.27. The van der Waals surface area contributed by atoms with Gasteiger partial charge in [-0.15, -0.1) is 5.10 Å². The van der Waals surface area contributed by atoms with Crippen molar-refractivity contribution in [3.63, 3.8) is 0 Å². The van der Waals surface area contributed by atoms with Gasteiger partial charge >= 0.3 is 0 Å². The van der Waals surface area contributed by atoms with Crippen molar-refractivity contribution in [3.05, 3.63) is 89.2 Å². The van der Waals surface area contributed by atoms with Crippen LogP contribution in [0.15, 0.2) is 61.3 Å². The zero-order chi connectivity index (χ0) is 22.7. The van der Waals surface area contributed by atoms with Crippen LogP contribution in [0.25, 0.3) is 5.69 Å². The Kier molecular flexibility index (Phi) is 6.26. The second kappa shape index (κ2) is 9.11. The van der Waals surface area contributed by atoms with Gasteiger partial charge in [0, 0.05) is 16.7 Å². The van der Waals surface area contributed by atoms with E-state index in [1.165, 1.54) is 23.4 Å². The number of hydrogen-bond acceptors (Lipinski definition) is 6. The molecule has 4 rings (SSSR count). The fourth-order valence-corrected chi connectivity index (χ4v) is 3.39. The number of rotatable bonds is 8. The van der Waals surface area contributed by atoms with Gasteiger partial charge in [-0.3, -0.25) is 0 Å². The molecule has 0 aliphatic rings. The van der Waals surface area contributed by atoms with Crippen molar-refractivity contribution in [2.24, 2.45) is 0 Å². The number of benzene rings is 2. The number of nitrogens with zero attached hydrogens (tertiary/aromatic N) is 6. The Morgan fingerprint density at radius 1 is 1.19 bits per heavy atom. The van der Waals surface area contributed by atoms with Crippen LogP contribution in [-0.4, -0.2) is 41.0 Å². The molecule has 0 amide bonds. The summed E-state index contributed by atoms with van der Waals surface area (Å²) in [6.07, 6.45) is 3.43. The van der Waals surface area contributed by atoms with Crippen LogP contribution in [0.1, 0.15) is 18.2 Å². The Bertz CT molecular complexity index is 1190. The van der Waals surface area contributed by atoms with Crippen LogP contribution in [0.2, 0.25) is 5.02 Å². The SMILES string of the molecule is C[C@@H](OCc1cn(-c2ccc(Cl)cc2)nn1)[C@](O)(Cn1cncn1)c1ccc(F)cc1F.